The second-order valence-electron chi connectivity index (χ2n) is 6.50. The number of aromatic amines is 1. The molecule has 2 N–H and O–H groups in total. The zero-order chi connectivity index (χ0) is 15.8. The topological polar surface area (TPSA) is 40.3 Å². The molecule has 23 heavy (non-hydrogen) atoms. The predicted molar refractivity (Wildman–Crippen MR) is 96.7 cm³/mol. The standard InChI is InChI=1S/C18H23N3OS/c1-12-17-15(14-6-2-3-7-16(14)20-17)8-9-21(12)18(23)19-11-13-5-4-10-22-13/h2-3,6-7,12-13,20H,4-5,8-11H2,1H3,(H,19,23)/t12-,13-/m0/s1. The molecule has 0 aliphatic carbocycles. The number of ether oxygens (including phenoxy) is 1. The van der Waals surface area contributed by atoms with Crippen LogP contribution in [-0.2, 0) is 11.2 Å². The summed E-state index contributed by atoms with van der Waals surface area (Å²) >= 11 is 5.64. The van der Waals surface area contributed by atoms with Gasteiger partial charge < -0.3 is 19.9 Å². The van der Waals surface area contributed by atoms with E-state index in [2.05, 4.69) is 46.4 Å². The van der Waals surface area contributed by atoms with Gasteiger partial charge in [-0.2, -0.15) is 0 Å². The van der Waals surface area contributed by atoms with Crippen LogP contribution in [0.15, 0.2) is 24.3 Å². The number of aromatic nitrogens is 1. The molecule has 2 atom stereocenters. The van der Waals surface area contributed by atoms with Gasteiger partial charge in [0.15, 0.2) is 5.11 Å². The molecule has 0 saturated carbocycles. The highest BCUT2D eigenvalue weighted by molar-refractivity contribution is 7.80. The van der Waals surface area contributed by atoms with Crippen LogP contribution in [0.5, 0.6) is 0 Å². The minimum Gasteiger partial charge on any atom is -0.376 e. The number of rotatable bonds is 2. The van der Waals surface area contributed by atoms with Gasteiger partial charge in [-0.1, -0.05) is 18.2 Å². The third-order valence-corrected chi connectivity index (χ3v) is 5.48. The fraction of sp³-hybridized carbons (Fsp3) is 0.500. The molecule has 0 amide bonds. The molecule has 122 valence electrons. The first-order valence-electron chi connectivity index (χ1n) is 8.49. The number of para-hydroxylation sites is 1. The van der Waals surface area contributed by atoms with Crippen LogP contribution in [0.1, 0.15) is 37.1 Å². The molecule has 0 bridgehead atoms. The Hall–Kier alpha value is -1.59. The van der Waals surface area contributed by atoms with E-state index in [1.54, 1.807) is 0 Å². The molecule has 4 rings (SSSR count). The maximum Gasteiger partial charge on any atom is 0.169 e. The summed E-state index contributed by atoms with van der Waals surface area (Å²) in [5.41, 5.74) is 3.98. The minimum atomic E-state index is 0.274. The van der Waals surface area contributed by atoms with Crippen LogP contribution in [0.2, 0.25) is 0 Å². The van der Waals surface area contributed by atoms with Crippen molar-refractivity contribution in [2.75, 3.05) is 19.7 Å². The third-order valence-electron chi connectivity index (χ3n) is 5.10. The van der Waals surface area contributed by atoms with E-state index in [4.69, 9.17) is 17.0 Å². The highest BCUT2D eigenvalue weighted by atomic mass is 32.1. The molecule has 0 radical (unpaired) electrons. The van der Waals surface area contributed by atoms with Gasteiger partial charge in [0, 0.05) is 36.3 Å². The van der Waals surface area contributed by atoms with Crippen molar-refractivity contribution >= 4 is 28.2 Å². The summed E-state index contributed by atoms with van der Waals surface area (Å²) in [7, 11) is 0. The molecular weight excluding hydrogens is 306 g/mol. The van der Waals surface area contributed by atoms with E-state index >= 15 is 0 Å². The van der Waals surface area contributed by atoms with Crippen LogP contribution in [0.25, 0.3) is 10.9 Å². The van der Waals surface area contributed by atoms with Gasteiger partial charge in [0.25, 0.3) is 0 Å². The van der Waals surface area contributed by atoms with Gasteiger partial charge >= 0.3 is 0 Å². The summed E-state index contributed by atoms with van der Waals surface area (Å²) in [6.07, 6.45) is 3.65. The molecule has 2 aromatic rings. The van der Waals surface area contributed by atoms with E-state index in [0.29, 0.717) is 6.10 Å². The Bertz CT molecular complexity index is 720. The van der Waals surface area contributed by atoms with Gasteiger partial charge in [0.05, 0.1) is 12.1 Å². The normalized spacial score (nSPS) is 24.0. The van der Waals surface area contributed by atoms with E-state index in [1.165, 1.54) is 22.2 Å². The quantitative estimate of drug-likeness (QED) is 0.831. The lowest BCUT2D eigenvalue weighted by Gasteiger charge is -2.36. The molecule has 5 heteroatoms. The van der Waals surface area contributed by atoms with Crippen molar-refractivity contribution in [3.63, 3.8) is 0 Å². The van der Waals surface area contributed by atoms with Gasteiger partial charge in [-0.3, -0.25) is 0 Å². The Balaban J connectivity index is 1.50. The fourth-order valence-electron chi connectivity index (χ4n) is 3.81. The molecule has 2 aliphatic heterocycles. The predicted octanol–water partition coefficient (Wildman–Crippen LogP) is 3.14. The molecule has 2 aliphatic rings. The van der Waals surface area contributed by atoms with Crippen LogP contribution in [-0.4, -0.2) is 40.8 Å². The summed E-state index contributed by atoms with van der Waals surface area (Å²) in [6.45, 7) is 4.90. The zero-order valence-electron chi connectivity index (χ0n) is 13.5. The first-order chi connectivity index (χ1) is 11.2. The van der Waals surface area contributed by atoms with E-state index in [-0.39, 0.29) is 6.04 Å². The number of thiocarbonyl (C=S) groups is 1. The average Bonchev–Trinajstić information content (AvgIpc) is 3.21. The Morgan fingerprint density at radius 3 is 3.13 bits per heavy atom. The monoisotopic (exact) mass is 329 g/mol. The van der Waals surface area contributed by atoms with Crippen molar-refractivity contribution in [3.05, 3.63) is 35.5 Å². The van der Waals surface area contributed by atoms with Crippen LogP contribution in [0, 0.1) is 0 Å². The third kappa shape index (κ3) is 2.72. The average molecular weight is 329 g/mol. The lowest BCUT2D eigenvalue weighted by molar-refractivity contribution is 0.113. The first-order valence-corrected chi connectivity index (χ1v) is 8.90. The summed E-state index contributed by atoms with van der Waals surface area (Å²) in [4.78, 5) is 5.89. The Morgan fingerprint density at radius 1 is 1.43 bits per heavy atom. The number of H-pyrrole nitrogens is 1. The summed E-state index contributed by atoms with van der Waals surface area (Å²) < 4.78 is 5.67. The molecule has 1 aromatic carbocycles. The van der Waals surface area contributed by atoms with E-state index in [9.17, 15) is 0 Å². The highest BCUT2D eigenvalue weighted by Crippen LogP contribution is 2.34. The number of fused-ring (bicyclic) bond motifs is 3. The Labute approximate surface area is 142 Å². The van der Waals surface area contributed by atoms with Crippen LogP contribution in [0.3, 0.4) is 0 Å². The summed E-state index contributed by atoms with van der Waals surface area (Å²) in [5.74, 6) is 0. The van der Waals surface area contributed by atoms with Gasteiger partial charge in [-0.15, -0.1) is 0 Å². The fourth-order valence-corrected chi connectivity index (χ4v) is 4.15. The molecule has 1 fully saturated rings. The van der Waals surface area contributed by atoms with E-state index in [0.717, 1.165) is 44.1 Å². The lowest BCUT2D eigenvalue weighted by atomic mass is 9.99. The smallest absolute Gasteiger partial charge is 0.169 e. The maximum absolute atomic E-state index is 5.67. The van der Waals surface area contributed by atoms with Gasteiger partial charge in [0.2, 0.25) is 0 Å². The van der Waals surface area contributed by atoms with Gasteiger partial charge in [-0.25, -0.2) is 0 Å². The molecule has 4 nitrogen and oxygen atoms in total. The molecule has 0 spiro atoms. The highest BCUT2D eigenvalue weighted by Gasteiger charge is 2.29. The molecule has 1 saturated heterocycles. The van der Waals surface area contributed by atoms with Gasteiger partial charge in [0.1, 0.15) is 0 Å². The van der Waals surface area contributed by atoms with E-state index in [1.807, 2.05) is 0 Å². The zero-order valence-corrected chi connectivity index (χ0v) is 14.3. The number of nitrogens with one attached hydrogen (secondary N) is 2. The second kappa shape index (κ2) is 6.13. The van der Waals surface area contributed by atoms with Crippen molar-refractivity contribution in [1.82, 2.24) is 15.2 Å². The van der Waals surface area contributed by atoms with Gasteiger partial charge in [-0.05, 0) is 50.0 Å². The number of hydrogen-bond donors (Lipinski definition) is 2. The van der Waals surface area contributed by atoms with Crippen molar-refractivity contribution in [2.24, 2.45) is 0 Å². The molecular formula is C18H23N3OS. The molecule has 0 unspecified atom stereocenters. The minimum absolute atomic E-state index is 0.274. The first kappa shape index (κ1) is 15.0. The summed E-state index contributed by atoms with van der Waals surface area (Å²) in [6, 6.07) is 8.83. The largest absolute Gasteiger partial charge is 0.376 e. The van der Waals surface area contributed by atoms with Crippen molar-refractivity contribution in [1.29, 1.82) is 0 Å². The summed E-state index contributed by atoms with van der Waals surface area (Å²) in [5, 5.41) is 5.61. The van der Waals surface area contributed by atoms with Crippen molar-refractivity contribution in [2.45, 2.75) is 38.3 Å². The molecule has 3 heterocycles. The van der Waals surface area contributed by atoms with Crippen molar-refractivity contribution in [3.8, 4) is 0 Å². The van der Waals surface area contributed by atoms with Crippen LogP contribution < -0.4 is 5.32 Å². The van der Waals surface area contributed by atoms with Crippen LogP contribution >= 0.6 is 12.2 Å². The maximum atomic E-state index is 5.67. The Kier molecular flexibility index (Phi) is 3.99. The number of nitrogens with zero attached hydrogens (tertiary/aromatic N) is 1. The van der Waals surface area contributed by atoms with E-state index < -0.39 is 0 Å². The van der Waals surface area contributed by atoms with Crippen molar-refractivity contribution < 1.29 is 4.74 Å². The number of benzene rings is 1. The number of hydrogen-bond acceptors (Lipinski definition) is 2. The Morgan fingerprint density at radius 2 is 2.30 bits per heavy atom. The van der Waals surface area contributed by atoms with Crippen LogP contribution in [0.4, 0.5) is 0 Å². The lowest BCUT2D eigenvalue weighted by Crippen LogP contribution is -2.46. The second-order valence-corrected chi connectivity index (χ2v) is 6.89. The SMILES string of the molecule is C[C@H]1c2[nH]c3ccccc3c2CCN1C(=S)NC[C@@H]1CCCO1. The molecule has 1 aromatic heterocycles.